The highest BCUT2D eigenvalue weighted by Gasteiger charge is 2.33. The minimum atomic E-state index is -1.45. The number of nitrogens with zero attached hydrogens (tertiary/aromatic N) is 6. The minimum Gasteiger partial charge on any atom is -0.478 e. The summed E-state index contributed by atoms with van der Waals surface area (Å²) >= 11 is 0. The molecule has 0 spiro atoms. The van der Waals surface area contributed by atoms with Crippen molar-refractivity contribution in [3.8, 4) is 28.3 Å². The second-order valence-electron chi connectivity index (χ2n) is 11.6. The van der Waals surface area contributed by atoms with Gasteiger partial charge in [-0.3, -0.25) is 9.48 Å². The number of nitrogens with two attached hydrogens (primary N) is 1. The zero-order valence-corrected chi connectivity index (χ0v) is 29.5. The fraction of sp³-hybridized carbons (Fsp3) is 0.265. The zero-order chi connectivity index (χ0) is 37.0. The van der Waals surface area contributed by atoms with E-state index in [0.29, 0.717) is 71.9 Å². The van der Waals surface area contributed by atoms with Crippen molar-refractivity contribution in [3.05, 3.63) is 65.6 Å². The Labute approximate surface area is 303 Å². The van der Waals surface area contributed by atoms with E-state index in [1.54, 1.807) is 66.4 Å². The third kappa shape index (κ3) is 7.90. The number of nitrogens with one attached hydrogen (secondary N) is 2. The van der Waals surface area contributed by atoms with Crippen LogP contribution < -0.4 is 20.7 Å². The lowest BCUT2D eigenvalue weighted by molar-refractivity contribution is -0.117. The molecule has 1 fully saturated rings. The summed E-state index contributed by atoms with van der Waals surface area (Å²) in [5.41, 5.74) is 5.83. The van der Waals surface area contributed by atoms with Gasteiger partial charge >= 0.3 is 17.9 Å². The average Bonchev–Trinajstić information content (AvgIpc) is 3.70. The van der Waals surface area contributed by atoms with E-state index in [-0.39, 0.29) is 46.6 Å². The number of ether oxygens (including phenoxy) is 1. The fourth-order valence-electron chi connectivity index (χ4n) is 5.82. The van der Waals surface area contributed by atoms with Crippen LogP contribution in [-0.2, 0) is 11.8 Å². The van der Waals surface area contributed by atoms with E-state index in [1.165, 1.54) is 7.11 Å². The van der Waals surface area contributed by atoms with Crippen LogP contribution in [0, 0.1) is 0 Å². The van der Waals surface area contributed by atoms with Crippen molar-refractivity contribution < 1.29 is 39.2 Å². The van der Waals surface area contributed by atoms with Crippen molar-refractivity contribution in [2.75, 3.05) is 50.6 Å². The summed E-state index contributed by atoms with van der Waals surface area (Å²) in [5.74, 6) is -3.91. The highest BCUT2D eigenvalue weighted by Crippen LogP contribution is 2.42. The summed E-state index contributed by atoms with van der Waals surface area (Å²) < 4.78 is 6.89. The first-order valence-corrected chi connectivity index (χ1v) is 15.8. The summed E-state index contributed by atoms with van der Waals surface area (Å²) in [6.07, 6.45) is 5.44. The second-order valence-corrected chi connectivity index (χ2v) is 11.6. The molecule has 0 radical (unpaired) electrons. The molecule has 0 atom stereocenters. The SMILES string of the molecule is CCC(N)=O.COc1nn(C)cc1Nc1nccc(-c2c[nH]c3c(-c4c(C(=O)O)cc(C(=O)O)c(N5CCN(C)CC5)c4C(=O)O)cccc23)n1.Cl. The number of aromatic carboxylic acids is 3. The molecule has 1 aliphatic heterocycles. The standard InChI is InChI=1S/C31H30N8O7.C3H7NO.ClH/c1-37-9-11-39(12-10-37)26-19(29(42)43)13-18(28(40)41)23(24(26)30(44)45)17-6-4-5-16-20(14-33-25(16)17)21-7-8-32-31(34-21)35-22-15-38(2)36-27(22)46-3;1-2-3(4)5;/h4-8,13-15,33H,9-12H2,1-3H3,(H,40,41)(H,42,43)(H,44,45)(H,32,34,35);2H2,1H3,(H2,4,5);1H. The first-order chi connectivity index (χ1) is 24.3. The van der Waals surface area contributed by atoms with Crippen LogP contribution in [0.2, 0.25) is 0 Å². The van der Waals surface area contributed by atoms with Crippen LogP contribution in [0.15, 0.2) is 48.9 Å². The van der Waals surface area contributed by atoms with Crippen LogP contribution in [0.3, 0.4) is 0 Å². The molecule has 1 saturated heterocycles. The minimum absolute atomic E-state index is 0. The number of carbonyl (C=O) groups excluding carboxylic acids is 1. The number of hydrogen-bond donors (Lipinski definition) is 6. The highest BCUT2D eigenvalue weighted by molar-refractivity contribution is 6.16. The van der Waals surface area contributed by atoms with Gasteiger partial charge in [-0.2, -0.15) is 0 Å². The Morgan fingerprint density at radius 3 is 2.25 bits per heavy atom. The summed E-state index contributed by atoms with van der Waals surface area (Å²) in [6.45, 7) is 3.62. The van der Waals surface area contributed by atoms with Gasteiger partial charge in [-0.15, -0.1) is 17.5 Å². The van der Waals surface area contributed by atoms with Gasteiger partial charge in [0, 0.05) is 74.1 Å². The van der Waals surface area contributed by atoms with Gasteiger partial charge in [0.1, 0.15) is 5.69 Å². The molecule has 274 valence electrons. The largest absolute Gasteiger partial charge is 0.478 e. The van der Waals surface area contributed by atoms with Gasteiger partial charge in [-0.1, -0.05) is 25.1 Å². The maximum Gasteiger partial charge on any atom is 0.338 e. The molecule has 52 heavy (non-hydrogen) atoms. The van der Waals surface area contributed by atoms with E-state index >= 15 is 0 Å². The number of aromatic nitrogens is 5. The fourth-order valence-corrected chi connectivity index (χ4v) is 5.82. The number of methoxy groups -OCH3 is 1. The average molecular weight is 736 g/mol. The summed E-state index contributed by atoms with van der Waals surface area (Å²) in [5, 5.41) is 38.9. The number of rotatable bonds is 10. The van der Waals surface area contributed by atoms with Crippen LogP contribution in [-0.4, -0.2) is 109 Å². The van der Waals surface area contributed by atoms with Crippen molar-refractivity contribution >= 4 is 64.4 Å². The number of benzene rings is 2. The molecule has 1 amide bonds. The number of carboxylic acid groups (broad SMARTS) is 3. The number of aromatic amines is 1. The van der Waals surface area contributed by atoms with E-state index < -0.39 is 23.5 Å². The van der Waals surface area contributed by atoms with Gasteiger partial charge < -0.3 is 45.9 Å². The molecule has 4 heterocycles. The molecule has 2 aromatic carbocycles. The zero-order valence-electron chi connectivity index (χ0n) is 28.7. The van der Waals surface area contributed by atoms with Crippen LogP contribution in [0.25, 0.3) is 33.3 Å². The normalized spacial score (nSPS) is 12.7. The Morgan fingerprint density at radius 2 is 1.65 bits per heavy atom. The number of halogens is 1. The van der Waals surface area contributed by atoms with Gasteiger partial charge in [0.15, 0.2) is 0 Å². The number of primary amides is 1. The summed E-state index contributed by atoms with van der Waals surface area (Å²) in [7, 11) is 5.18. The molecule has 5 aromatic rings. The predicted molar refractivity (Wildman–Crippen MR) is 195 cm³/mol. The van der Waals surface area contributed by atoms with E-state index in [2.05, 4.69) is 31.1 Å². The van der Waals surface area contributed by atoms with Crippen LogP contribution in [0.5, 0.6) is 5.88 Å². The maximum atomic E-state index is 13.0. The van der Waals surface area contributed by atoms with Crippen LogP contribution >= 0.6 is 12.4 Å². The first-order valence-electron chi connectivity index (χ1n) is 15.8. The van der Waals surface area contributed by atoms with E-state index in [9.17, 15) is 34.5 Å². The monoisotopic (exact) mass is 735 g/mol. The first kappa shape index (κ1) is 38.6. The Bertz CT molecular complexity index is 2140. The number of likely N-dealkylation sites (N-methyl/N-ethyl adjacent to an activating group) is 1. The molecule has 0 unspecified atom stereocenters. The molecular formula is C34H38ClN9O8. The number of para-hydroxylation sites is 1. The van der Waals surface area contributed by atoms with Gasteiger partial charge in [-0.25, -0.2) is 24.4 Å². The molecular weight excluding hydrogens is 698 g/mol. The molecule has 0 saturated carbocycles. The number of aryl methyl sites for hydroxylation is 1. The van der Waals surface area contributed by atoms with Crippen molar-refractivity contribution in [3.63, 3.8) is 0 Å². The van der Waals surface area contributed by atoms with Crippen molar-refractivity contribution in [2.45, 2.75) is 13.3 Å². The number of amides is 1. The molecule has 7 N–H and O–H groups in total. The Morgan fingerprint density at radius 1 is 0.981 bits per heavy atom. The smallest absolute Gasteiger partial charge is 0.338 e. The third-order valence-electron chi connectivity index (χ3n) is 8.29. The molecule has 3 aromatic heterocycles. The van der Waals surface area contributed by atoms with Gasteiger partial charge in [0.2, 0.25) is 11.9 Å². The van der Waals surface area contributed by atoms with Crippen molar-refractivity contribution in [1.29, 1.82) is 0 Å². The Kier molecular flexibility index (Phi) is 12.0. The number of anilines is 3. The molecule has 18 heteroatoms. The lowest BCUT2D eigenvalue weighted by Gasteiger charge is -2.36. The quantitative estimate of drug-likeness (QED) is 0.119. The number of fused-ring (bicyclic) bond motifs is 1. The summed E-state index contributed by atoms with van der Waals surface area (Å²) in [6, 6.07) is 7.87. The Balaban J connectivity index is 0.000000944. The number of H-pyrrole nitrogens is 1. The topological polar surface area (TPSA) is 242 Å². The van der Waals surface area contributed by atoms with E-state index in [4.69, 9.17) is 4.74 Å². The van der Waals surface area contributed by atoms with Gasteiger partial charge in [-0.05, 0) is 19.2 Å². The molecule has 6 rings (SSSR count). The highest BCUT2D eigenvalue weighted by atomic mass is 35.5. The lowest BCUT2D eigenvalue weighted by Crippen LogP contribution is -2.45. The van der Waals surface area contributed by atoms with Gasteiger partial charge in [0.25, 0.3) is 5.88 Å². The number of carbonyl (C=O) groups is 4. The van der Waals surface area contributed by atoms with Gasteiger partial charge in [0.05, 0.1) is 46.9 Å². The molecule has 1 aliphatic rings. The third-order valence-corrected chi connectivity index (χ3v) is 8.29. The summed E-state index contributed by atoms with van der Waals surface area (Å²) in [4.78, 5) is 63.5. The van der Waals surface area contributed by atoms with E-state index in [0.717, 1.165) is 6.07 Å². The van der Waals surface area contributed by atoms with Crippen LogP contribution in [0.4, 0.5) is 17.3 Å². The molecule has 17 nitrogen and oxygen atoms in total. The second kappa shape index (κ2) is 16.2. The maximum absolute atomic E-state index is 13.0. The molecule has 0 aliphatic carbocycles. The van der Waals surface area contributed by atoms with Crippen LogP contribution in [0.1, 0.15) is 44.4 Å². The molecule has 0 bridgehead atoms. The number of hydrogen-bond acceptors (Lipinski definition) is 11. The number of carboxylic acids is 3. The van der Waals surface area contributed by atoms with E-state index in [1.807, 2.05) is 11.9 Å². The van der Waals surface area contributed by atoms with Crippen molar-refractivity contribution in [1.82, 2.24) is 29.6 Å². The predicted octanol–water partition coefficient (Wildman–Crippen LogP) is 3.93. The lowest BCUT2D eigenvalue weighted by atomic mass is 9.88. The van der Waals surface area contributed by atoms with Crippen molar-refractivity contribution in [2.24, 2.45) is 12.8 Å². The Hall–Kier alpha value is -6.20. The number of piperazine rings is 1.